The zero-order chi connectivity index (χ0) is 14.0. The van der Waals surface area contributed by atoms with Crippen molar-refractivity contribution in [2.45, 2.75) is 32.6 Å². The maximum absolute atomic E-state index is 9.12. The molecular formula is C16H22N4. The first-order valence-corrected chi connectivity index (χ1v) is 7.55. The van der Waals surface area contributed by atoms with E-state index in [0.29, 0.717) is 11.0 Å². The SMILES string of the molecule is Cc1cc(C#N)cc(N2CCCC3(CCCNC3)C2)n1. The van der Waals surface area contributed by atoms with Crippen molar-refractivity contribution in [2.24, 2.45) is 5.41 Å². The molecule has 2 fully saturated rings. The molecule has 1 N–H and O–H groups in total. The fraction of sp³-hybridized carbons (Fsp3) is 0.625. The van der Waals surface area contributed by atoms with Gasteiger partial charge >= 0.3 is 0 Å². The number of hydrogen-bond donors (Lipinski definition) is 1. The highest BCUT2D eigenvalue weighted by Gasteiger charge is 2.36. The molecule has 3 rings (SSSR count). The van der Waals surface area contributed by atoms with Crippen LogP contribution in [0.25, 0.3) is 0 Å². The second kappa shape index (κ2) is 5.41. The molecule has 0 amide bonds. The van der Waals surface area contributed by atoms with E-state index in [1.165, 1.54) is 25.7 Å². The molecular weight excluding hydrogens is 248 g/mol. The van der Waals surface area contributed by atoms with Gasteiger partial charge in [0.1, 0.15) is 5.82 Å². The minimum absolute atomic E-state index is 0.411. The van der Waals surface area contributed by atoms with Crippen molar-refractivity contribution in [3.05, 3.63) is 23.4 Å². The Morgan fingerprint density at radius 1 is 1.35 bits per heavy atom. The average molecular weight is 270 g/mol. The molecule has 1 spiro atoms. The summed E-state index contributed by atoms with van der Waals surface area (Å²) in [5.74, 6) is 0.978. The molecule has 2 aliphatic heterocycles. The summed E-state index contributed by atoms with van der Waals surface area (Å²) in [4.78, 5) is 7.02. The highest BCUT2D eigenvalue weighted by atomic mass is 15.2. The molecule has 1 aromatic rings. The largest absolute Gasteiger partial charge is 0.356 e. The molecule has 2 saturated heterocycles. The number of anilines is 1. The highest BCUT2D eigenvalue weighted by Crippen LogP contribution is 2.37. The van der Waals surface area contributed by atoms with Crippen LogP contribution in [0.1, 0.15) is 36.9 Å². The van der Waals surface area contributed by atoms with E-state index in [1.54, 1.807) is 0 Å². The first kappa shape index (κ1) is 13.4. The summed E-state index contributed by atoms with van der Waals surface area (Å²) in [6.07, 6.45) is 5.12. The summed E-state index contributed by atoms with van der Waals surface area (Å²) < 4.78 is 0. The number of piperidine rings is 2. The predicted molar refractivity (Wildman–Crippen MR) is 79.7 cm³/mol. The molecule has 0 aliphatic carbocycles. The van der Waals surface area contributed by atoms with Crippen LogP contribution in [0.4, 0.5) is 5.82 Å². The van der Waals surface area contributed by atoms with Crippen LogP contribution in [0, 0.1) is 23.7 Å². The summed E-state index contributed by atoms with van der Waals surface area (Å²) >= 11 is 0. The molecule has 0 aromatic carbocycles. The molecule has 106 valence electrons. The molecule has 2 aliphatic rings. The highest BCUT2D eigenvalue weighted by molar-refractivity contribution is 5.47. The van der Waals surface area contributed by atoms with Crippen molar-refractivity contribution in [2.75, 3.05) is 31.1 Å². The van der Waals surface area contributed by atoms with Crippen molar-refractivity contribution in [3.8, 4) is 6.07 Å². The number of nitrogens with one attached hydrogen (secondary N) is 1. The maximum Gasteiger partial charge on any atom is 0.130 e. The van der Waals surface area contributed by atoms with Gasteiger partial charge in [-0.05, 0) is 51.3 Å². The van der Waals surface area contributed by atoms with Crippen LogP contribution in [0.5, 0.6) is 0 Å². The molecule has 1 unspecified atom stereocenters. The Bertz CT molecular complexity index is 520. The lowest BCUT2D eigenvalue weighted by molar-refractivity contribution is 0.173. The van der Waals surface area contributed by atoms with Gasteiger partial charge in [0.15, 0.2) is 0 Å². The molecule has 4 nitrogen and oxygen atoms in total. The van der Waals surface area contributed by atoms with Gasteiger partial charge in [-0.3, -0.25) is 0 Å². The van der Waals surface area contributed by atoms with Crippen LogP contribution in [0.2, 0.25) is 0 Å². The van der Waals surface area contributed by atoms with Crippen molar-refractivity contribution in [1.29, 1.82) is 5.26 Å². The molecule has 1 aromatic heterocycles. The number of nitrogens with zero attached hydrogens (tertiary/aromatic N) is 3. The molecule has 0 bridgehead atoms. The van der Waals surface area contributed by atoms with Crippen molar-refractivity contribution in [1.82, 2.24) is 10.3 Å². The van der Waals surface area contributed by atoms with Gasteiger partial charge in [0.05, 0.1) is 11.6 Å². The van der Waals surface area contributed by atoms with Crippen LogP contribution in [0.3, 0.4) is 0 Å². The van der Waals surface area contributed by atoms with E-state index >= 15 is 0 Å². The van der Waals surface area contributed by atoms with E-state index in [-0.39, 0.29) is 0 Å². The third kappa shape index (κ3) is 2.64. The van der Waals surface area contributed by atoms with Crippen LogP contribution in [-0.2, 0) is 0 Å². The minimum Gasteiger partial charge on any atom is -0.356 e. The Hall–Kier alpha value is -1.60. The molecule has 0 radical (unpaired) electrons. The fourth-order valence-electron chi connectivity index (χ4n) is 3.66. The summed E-state index contributed by atoms with van der Waals surface area (Å²) in [5.41, 5.74) is 2.06. The Kier molecular flexibility index (Phi) is 3.62. The molecule has 0 saturated carbocycles. The van der Waals surface area contributed by atoms with E-state index in [2.05, 4.69) is 21.3 Å². The average Bonchev–Trinajstić information content (AvgIpc) is 2.47. The number of pyridine rings is 1. The van der Waals surface area contributed by atoms with Crippen LogP contribution >= 0.6 is 0 Å². The Labute approximate surface area is 120 Å². The zero-order valence-electron chi connectivity index (χ0n) is 12.2. The number of rotatable bonds is 1. The Morgan fingerprint density at radius 3 is 2.95 bits per heavy atom. The predicted octanol–water partition coefficient (Wildman–Crippen LogP) is 2.23. The maximum atomic E-state index is 9.12. The van der Waals surface area contributed by atoms with Gasteiger partial charge in [-0.15, -0.1) is 0 Å². The fourth-order valence-corrected chi connectivity index (χ4v) is 3.66. The van der Waals surface area contributed by atoms with E-state index in [0.717, 1.165) is 37.7 Å². The van der Waals surface area contributed by atoms with Gasteiger partial charge < -0.3 is 10.2 Å². The number of hydrogen-bond acceptors (Lipinski definition) is 4. The molecule has 4 heteroatoms. The van der Waals surface area contributed by atoms with E-state index < -0.39 is 0 Å². The number of aromatic nitrogens is 1. The second-order valence-electron chi connectivity index (χ2n) is 6.27. The first-order chi connectivity index (χ1) is 9.71. The standard InChI is InChI=1S/C16H22N4/c1-13-8-14(10-17)9-15(19-13)20-7-3-5-16(12-20)4-2-6-18-11-16/h8-9,18H,2-7,11-12H2,1H3. The van der Waals surface area contributed by atoms with Crippen molar-refractivity contribution < 1.29 is 0 Å². The summed E-state index contributed by atoms with van der Waals surface area (Å²) in [7, 11) is 0. The molecule has 20 heavy (non-hydrogen) atoms. The summed E-state index contributed by atoms with van der Waals surface area (Å²) in [6, 6.07) is 6.02. The topological polar surface area (TPSA) is 52.0 Å². The third-order valence-electron chi connectivity index (χ3n) is 4.62. The molecule has 3 heterocycles. The number of aryl methyl sites for hydroxylation is 1. The van der Waals surface area contributed by atoms with Gasteiger partial charge in [0, 0.05) is 30.7 Å². The lowest BCUT2D eigenvalue weighted by atomic mass is 9.74. The van der Waals surface area contributed by atoms with Gasteiger partial charge in [-0.2, -0.15) is 5.26 Å². The van der Waals surface area contributed by atoms with Gasteiger partial charge in [0.2, 0.25) is 0 Å². The van der Waals surface area contributed by atoms with Gasteiger partial charge in [-0.25, -0.2) is 4.98 Å². The first-order valence-electron chi connectivity index (χ1n) is 7.55. The van der Waals surface area contributed by atoms with Crippen molar-refractivity contribution in [3.63, 3.8) is 0 Å². The van der Waals surface area contributed by atoms with Crippen LogP contribution in [-0.4, -0.2) is 31.2 Å². The van der Waals surface area contributed by atoms with Crippen molar-refractivity contribution >= 4 is 5.82 Å². The lowest BCUT2D eigenvalue weighted by Gasteiger charge is -2.46. The zero-order valence-corrected chi connectivity index (χ0v) is 12.2. The summed E-state index contributed by atoms with van der Waals surface area (Å²) in [5, 5.41) is 12.7. The van der Waals surface area contributed by atoms with E-state index in [1.807, 2.05) is 19.1 Å². The van der Waals surface area contributed by atoms with Crippen LogP contribution < -0.4 is 10.2 Å². The van der Waals surface area contributed by atoms with Crippen LogP contribution in [0.15, 0.2) is 12.1 Å². The smallest absolute Gasteiger partial charge is 0.130 e. The normalized spacial score (nSPS) is 26.5. The second-order valence-corrected chi connectivity index (χ2v) is 6.27. The van der Waals surface area contributed by atoms with Gasteiger partial charge in [0.25, 0.3) is 0 Å². The Balaban J connectivity index is 1.83. The van der Waals surface area contributed by atoms with E-state index in [9.17, 15) is 0 Å². The quantitative estimate of drug-likeness (QED) is 0.850. The molecule has 1 atom stereocenters. The Morgan fingerprint density at radius 2 is 2.20 bits per heavy atom. The minimum atomic E-state index is 0.411. The number of nitriles is 1. The van der Waals surface area contributed by atoms with E-state index in [4.69, 9.17) is 5.26 Å². The third-order valence-corrected chi connectivity index (χ3v) is 4.62. The monoisotopic (exact) mass is 270 g/mol. The summed E-state index contributed by atoms with van der Waals surface area (Å²) in [6.45, 7) is 6.38. The lowest BCUT2D eigenvalue weighted by Crippen LogP contribution is -2.51. The van der Waals surface area contributed by atoms with Gasteiger partial charge in [-0.1, -0.05) is 0 Å².